The van der Waals surface area contributed by atoms with Crippen LogP contribution in [0.15, 0.2) is 6.07 Å². The predicted molar refractivity (Wildman–Crippen MR) is 66.0 cm³/mol. The molecule has 0 aromatic carbocycles. The van der Waals surface area contributed by atoms with Gasteiger partial charge in [0.25, 0.3) is 0 Å². The van der Waals surface area contributed by atoms with E-state index in [9.17, 15) is 8.78 Å². The fourth-order valence-corrected chi connectivity index (χ4v) is 1.93. The van der Waals surface area contributed by atoms with Gasteiger partial charge in [-0.25, -0.2) is 13.8 Å². The highest BCUT2D eigenvalue weighted by atomic mass is 19.1. The number of hydrogen-bond acceptors (Lipinski definition) is 4. The molecule has 1 saturated heterocycles. The summed E-state index contributed by atoms with van der Waals surface area (Å²) in [6.45, 7) is 4.82. The zero-order valence-electron chi connectivity index (χ0n) is 10.4. The van der Waals surface area contributed by atoms with Crippen molar-refractivity contribution in [2.24, 2.45) is 0 Å². The van der Waals surface area contributed by atoms with E-state index in [0.717, 1.165) is 12.5 Å². The van der Waals surface area contributed by atoms with Crippen molar-refractivity contribution in [1.29, 1.82) is 0 Å². The van der Waals surface area contributed by atoms with Gasteiger partial charge in [0.2, 0.25) is 0 Å². The molecule has 1 aromatic rings. The number of anilines is 2. The van der Waals surface area contributed by atoms with Crippen molar-refractivity contribution >= 4 is 11.6 Å². The third-order valence-corrected chi connectivity index (χ3v) is 2.78. The largest absolute Gasteiger partial charge is 0.380 e. The molecule has 100 valence electrons. The molecule has 1 aromatic heterocycles. The van der Waals surface area contributed by atoms with Gasteiger partial charge in [-0.3, -0.25) is 0 Å². The highest BCUT2D eigenvalue weighted by Crippen LogP contribution is 2.23. The lowest BCUT2D eigenvalue weighted by molar-refractivity contribution is 0.152. The first-order valence-electron chi connectivity index (χ1n) is 6.15. The molecule has 0 aliphatic carbocycles. The van der Waals surface area contributed by atoms with Crippen molar-refractivity contribution in [1.82, 2.24) is 4.98 Å². The Morgan fingerprint density at radius 3 is 2.94 bits per heavy atom. The van der Waals surface area contributed by atoms with Crippen LogP contribution in [0.25, 0.3) is 0 Å². The Morgan fingerprint density at radius 1 is 1.33 bits per heavy atom. The standard InChI is InChI=1S/C12H17F2N3O/c1-2-15-11-9(13)8-10(14)12(16-11)17-4-3-6-18-7-5-17/h8H,2-7H2,1H3,(H,15,16). The summed E-state index contributed by atoms with van der Waals surface area (Å²) in [6, 6.07) is 0.881. The van der Waals surface area contributed by atoms with Crippen LogP contribution in [0.4, 0.5) is 20.4 Å². The Kier molecular flexibility index (Phi) is 4.30. The number of halogens is 2. The lowest BCUT2D eigenvalue weighted by Gasteiger charge is -2.22. The van der Waals surface area contributed by atoms with Gasteiger partial charge in [0.05, 0.1) is 6.61 Å². The molecule has 1 aliphatic rings. The third-order valence-electron chi connectivity index (χ3n) is 2.78. The average Bonchev–Trinajstić information content (AvgIpc) is 2.61. The lowest BCUT2D eigenvalue weighted by Crippen LogP contribution is -2.28. The van der Waals surface area contributed by atoms with Crippen LogP contribution in [0.5, 0.6) is 0 Å². The molecule has 1 aliphatic heterocycles. The number of rotatable bonds is 3. The van der Waals surface area contributed by atoms with E-state index < -0.39 is 11.6 Å². The van der Waals surface area contributed by atoms with E-state index in [2.05, 4.69) is 10.3 Å². The molecular formula is C12H17F2N3O. The summed E-state index contributed by atoms with van der Waals surface area (Å²) in [6.07, 6.45) is 0.815. The van der Waals surface area contributed by atoms with Crippen LogP contribution >= 0.6 is 0 Å². The molecule has 0 unspecified atom stereocenters. The SMILES string of the molecule is CCNc1nc(N2CCCOCC2)c(F)cc1F. The molecule has 0 atom stereocenters. The molecule has 0 amide bonds. The van der Waals surface area contributed by atoms with Crippen LogP contribution in [0.2, 0.25) is 0 Å². The summed E-state index contributed by atoms with van der Waals surface area (Å²) < 4.78 is 32.5. The van der Waals surface area contributed by atoms with Crippen molar-refractivity contribution < 1.29 is 13.5 Å². The smallest absolute Gasteiger partial charge is 0.168 e. The van der Waals surface area contributed by atoms with Crippen molar-refractivity contribution in [3.63, 3.8) is 0 Å². The predicted octanol–water partition coefficient (Wildman–Crippen LogP) is 2.02. The van der Waals surface area contributed by atoms with E-state index >= 15 is 0 Å². The van der Waals surface area contributed by atoms with Crippen molar-refractivity contribution in [2.45, 2.75) is 13.3 Å². The van der Waals surface area contributed by atoms with Gasteiger partial charge in [-0.15, -0.1) is 0 Å². The first kappa shape index (κ1) is 13.0. The normalized spacial score (nSPS) is 16.5. The summed E-state index contributed by atoms with van der Waals surface area (Å²) in [7, 11) is 0. The minimum Gasteiger partial charge on any atom is -0.380 e. The number of hydrogen-bond donors (Lipinski definition) is 1. The van der Waals surface area contributed by atoms with Gasteiger partial charge in [0.1, 0.15) is 0 Å². The maximum Gasteiger partial charge on any atom is 0.168 e. The van der Waals surface area contributed by atoms with Crippen LogP contribution in [0, 0.1) is 11.6 Å². The van der Waals surface area contributed by atoms with Crippen LogP contribution in [-0.4, -0.2) is 37.8 Å². The Labute approximate surface area is 105 Å². The van der Waals surface area contributed by atoms with Crippen LogP contribution in [0.1, 0.15) is 13.3 Å². The van der Waals surface area contributed by atoms with Gasteiger partial charge in [-0.1, -0.05) is 0 Å². The van der Waals surface area contributed by atoms with Crippen LogP contribution in [0.3, 0.4) is 0 Å². The fourth-order valence-electron chi connectivity index (χ4n) is 1.93. The Balaban J connectivity index is 2.27. The fraction of sp³-hybridized carbons (Fsp3) is 0.583. The van der Waals surface area contributed by atoms with E-state index in [-0.39, 0.29) is 11.6 Å². The van der Waals surface area contributed by atoms with Crippen LogP contribution in [-0.2, 0) is 4.74 Å². The van der Waals surface area contributed by atoms with E-state index in [0.29, 0.717) is 32.8 Å². The molecule has 0 bridgehead atoms. The molecule has 0 spiro atoms. The number of nitrogens with zero attached hydrogens (tertiary/aromatic N) is 2. The second-order valence-electron chi connectivity index (χ2n) is 4.11. The first-order valence-corrected chi connectivity index (χ1v) is 6.15. The van der Waals surface area contributed by atoms with E-state index in [1.165, 1.54) is 0 Å². The van der Waals surface area contributed by atoms with Crippen molar-refractivity contribution in [2.75, 3.05) is 43.1 Å². The monoisotopic (exact) mass is 257 g/mol. The van der Waals surface area contributed by atoms with Gasteiger partial charge >= 0.3 is 0 Å². The molecule has 2 heterocycles. The summed E-state index contributed by atoms with van der Waals surface area (Å²) in [5.74, 6) is -1.00. The molecule has 1 fully saturated rings. The summed E-state index contributed by atoms with van der Waals surface area (Å²) in [4.78, 5) is 5.83. The van der Waals surface area contributed by atoms with Crippen molar-refractivity contribution in [3.05, 3.63) is 17.7 Å². The van der Waals surface area contributed by atoms with Gasteiger partial charge < -0.3 is 15.0 Å². The third kappa shape index (κ3) is 2.87. The van der Waals surface area contributed by atoms with E-state index in [1.54, 1.807) is 4.90 Å². The van der Waals surface area contributed by atoms with Gasteiger partial charge in [-0.2, -0.15) is 0 Å². The second-order valence-corrected chi connectivity index (χ2v) is 4.11. The summed E-state index contributed by atoms with van der Waals surface area (Å²) >= 11 is 0. The zero-order valence-corrected chi connectivity index (χ0v) is 10.4. The Bertz CT molecular complexity index is 407. The van der Waals surface area contributed by atoms with Crippen molar-refractivity contribution in [3.8, 4) is 0 Å². The molecule has 6 heteroatoms. The Hall–Kier alpha value is -1.43. The minimum absolute atomic E-state index is 0.0964. The van der Waals surface area contributed by atoms with Crippen LogP contribution < -0.4 is 10.2 Å². The summed E-state index contributed by atoms with van der Waals surface area (Å²) in [5.41, 5.74) is 0. The van der Waals surface area contributed by atoms with Gasteiger partial charge in [-0.05, 0) is 13.3 Å². The lowest BCUT2D eigenvalue weighted by atomic mass is 10.3. The Morgan fingerprint density at radius 2 is 2.17 bits per heavy atom. The average molecular weight is 257 g/mol. The summed E-state index contributed by atoms with van der Waals surface area (Å²) in [5, 5.41) is 2.79. The topological polar surface area (TPSA) is 37.4 Å². The zero-order chi connectivity index (χ0) is 13.0. The second kappa shape index (κ2) is 5.95. The van der Waals surface area contributed by atoms with Gasteiger partial charge in [0.15, 0.2) is 23.3 Å². The molecular weight excluding hydrogens is 240 g/mol. The van der Waals surface area contributed by atoms with Gasteiger partial charge in [0, 0.05) is 32.3 Å². The maximum atomic E-state index is 13.8. The quantitative estimate of drug-likeness (QED) is 0.899. The number of ether oxygens (including phenoxy) is 1. The molecule has 2 rings (SSSR count). The molecule has 0 saturated carbocycles. The first-order chi connectivity index (χ1) is 8.72. The maximum absolute atomic E-state index is 13.8. The van der Waals surface area contributed by atoms with E-state index in [1.807, 2.05) is 6.92 Å². The minimum atomic E-state index is -0.663. The molecule has 18 heavy (non-hydrogen) atoms. The number of pyridine rings is 1. The molecule has 0 radical (unpaired) electrons. The number of aromatic nitrogens is 1. The molecule has 4 nitrogen and oxygen atoms in total. The highest BCUT2D eigenvalue weighted by molar-refractivity contribution is 5.49. The van der Waals surface area contributed by atoms with E-state index in [4.69, 9.17) is 4.74 Å². The highest BCUT2D eigenvalue weighted by Gasteiger charge is 2.18. The number of nitrogens with one attached hydrogen (secondary N) is 1. The molecule has 1 N–H and O–H groups in total.